The Labute approximate surface area is 162 Å². The van der Waals surface area contributed by atoms with Crippen molar-refractivity contribution in [2.75, 3.05) is 25.1 Å². The molecule has 0 aliphatic carbocycles. The van der Waals surface area contributed by atoms with Crippen LogP contribution in [0.15, 0.2) is 18.2 Å². The third kappa shape index (κ3) is 6.86. The topological polar surface area (TPSA) is 73.9 Å². The van der Waals surface area contributed by atoms with E-state index in [0.717, 1.165) is 6.42 Å². The zero-order chi connectivity index (χ0) is 20.4. The minimum Gasteiger partial charge on any atom is -0.492 e. The molecule has 0 spiro atoms. The summed E-state index contributed by atoms with van der Waals surface area (Å²) in [4.78, 5) is 25.0. The molecule has 1 aromatic carbocycles. The van der Waals surface area contributed by atoms with Crippen LogP contribution in [0.4, 0.5) is 5.69 Å². The Morgan fingerprint density at radius 1 is 1.19 bits per heavy atom. The van der Waals surface area contributed by atoms with Crippen LogP contribution in [0.2, 0.25) is 0 Å². The van der Waals surface area contributed by atoms with E-state index < -0.39 is 11.6 Å². The Kier molecular flexibility index (Phi) is 9.29. The predicted octanol–water partition coefficient (Wildman–Crippen LogP) is 4.43. The molecular weight excluding hydrogens is 346 g/mol. The number of carbonyl (C=O) groups is 2. The van der Waals surface area contributed by atoms with Gasteiger partial charge in [0.1, 0.15) is 16.9 Å². The molecule has 0 fully saturated rings. The lowest BCUT2D eigenvalue weighted by atomic mass is 10.0. The van der Waals surface area contributed by atoms with E-state index in [1.54, 1.807) is 32.0 Å². The van der Waals surface area contributed by atoms with Crippen LogP contribution < -0.4 is 10.1 Å². The van der Waals surface area contributed by atoms with Gasteiger partial charge >= 0.3 is 5.97 Å². The quantitative estimate of drug-likeness (QED) is 0.576. The first-order chi connectivity index (χ1) is 12.8. The summed E-state index contributed by atoms with van der Waals surface area (Å²) >= 11 is 0. The highest BCUT2D eigenvalue weighted by atomic mass is 16.5. The van der Waals surface area contributed by atoms with Crippen LogP contribution >= 0.6 is 0 Å². The van der Waals surface area contributed by atoms with Crippen molar-refractivity contribution >= 4 is 17.6 Å². The van der Waals surface area contributed by atoms with Gasteiger partial charge in [0.25, 0.3) is 5.91 Å². The van der Waals surface area contributed by atoms with Crippen LogP contribution in [-0.4, -0.2) is 37.3 Å². The highest BCUT2D eigenvalue weighted by molar-refractivity contribution is 5.99. The summed E-state index contributed by atoms with van der Waals surface area (Å²) in [5, 5.41) is 2.84. The van der Waals surface area contributed by atoms with Gasteiger partial charge in [0.2, 0.25) is 0 Å². The second-order valence-corrected chi connectivity index (χ2v) is 7.02. The third-order valence-corrected chi connectivity index (χ3v) is 4.08. The summed E-state index contributed by atoms with van der Waals surface area (Å²) in [6.07, 6.45) is 1.37. The average Bonchev–Trinajstić information content (AvgIpc) is 2.64. The van der Waals surface area contributed by atoms with E-state index in [1.807, 2.05) is 27.7 Å². The SMILES string of the molecule is CCCO[C@](C)(CC)C(=O)Nc1ccc(OCC(C)C)c(C(=O)OCC)c1. The van der Waals surface area contributed by atoms with Crippen LogP contribution in [-0.2, 0) is 14.3 Å². The Hall–Kier alpha value is -2.08. The number of benzene rings is 1. The second-order valence-electron chi connectivity index (χ2n) is 7.02. The third-order valence-electron chi connectivity index (χ3n) is 4.08. The molecule has 0 aliphatic heterocycles. The van der Waals surface area contributed by atoms with Gasteiger partial charge in [-0.15, -0.1) is 0 Å². The maximum Gasteiger partial charge on any atom is 0.341 e. The second kappa shape index (κ2) is 10.9. The number of ether oxygens (including phenoxy) is 3. The van der Waals surface area contributed by atoms with Crippen molar-refractivity contribution < 1.29 is 23.8 Å². The van der Waals surface area contributed by atoms with Gasteiger partial charge in [-0.25, -0.2) is 4.79 Å². The van der Waals surface area contributed by atoms with Crippen LogP contribution in [0.5, 0.6) is 5.75 Å². The molecule has 0 unspecified atom stereocenters. The van der Waals surface area contributed by atoms with E-state index >= 15 is 0 Å². The van der Waals surface area contributed by atoms with Gasteiger partial charge < -0.3 is 19.5 Å². The molecule has 152 valence electrons. The molecule has 1 N–H and O–H groups in total. The van der Waals surface area contributed by atoms with E-state index in [4.69, 9.17) is 14.2 Å². The molecule has 0 aromatic heterocycles. The van der Waals surface area contributed by atoms with E-state index in [-0.39, 0.29) is 12.5 Å². The minimum absolute atomic E-state index is 0.246. The highest BCUT2D eigenvalue weighted by Crippen LogP contribution is 2.26. The van der Waals surface area contributed by atoms with Crippen LogP contribution in [0, 0.1) is 5.92 Å². The molecule has 0 saturated carbocycles. The fourth-order valence-corrected chi connectivity index (χ4v) is 2.28. The lowest BCUT2D eigenvalue weighted by Crippen LogP contribution is -2.42. The van der Waals surface area contributed by atoms with Crippen LogP contribution in [0.25, 0.3) is 0 Å². The van der Waals surface area contributed by atoms with Crippen LogP contribution in [0.3, 0.4) is 0 Å². The van der Waals surface area contributed by atoms with Gasteiger partial charge in [-0.05, 0) is 50.8 Å². The van der Waals surface area contributed by atoms with E-state index in [1.165, 1.54) is 0 Å². The van der Waals surface area contributed by atoms with Crippen molar-refractivity contribution in [1.82, 2.24) is 0 Å². The Balaban J connectivity index is 3.05. The van der Waals surface area contributed by atoms with E-state index in [2.05, 4.69) is 5.32 Å². The predicted molar refractivity (Wildman–Crippen MR) is 106 cm³/mol. The Morgan fingerprint density at radius 3 is 2.44 bits per heavy atom. The monoisotopic (exact) mass is 379 g/mol. The Morgan fingerprint density at radius 2 is 1.89 bits per heavy atom. The number of rotatable bonds is 11. The largest absolute Gasteiger partial charge is 0.492 e. The van der Waals surface area contributed by atoms with Crippen molar-refractivity contribution in [2.24, 2.45) is 5.92 Å². The van der Waals surface area contributed by atoms with E-state index in [0.29, 0.717) is 42.6 Å². The summed E-state index contributed by atoms with van der Waals surface area (Å²) in [6, 6.07) is 4.98. The lowest BCUT2D eigenvalue weighted by molar-refractivity contribution is -0.139. The number of carbonyl (C=O) groups excluding carboxylic acids is 2. The molecule has 0 saturated heterocycles. The molecule has 0 radical (unpaired) electrons. The van der Waals surface area contributed by atoms with Gasteiger partial charge in [0.05, 0.1) is 13.2 Å². The van der Waals surface area contributed by atoms with Crippen molar-refractivity contribution in [3.8, 4) is 5.75 Å². The number of hydrogen-bond donors (Lipinski definition) is 1. The van der Waals surface area contributed by atoms with E-state index in [9.17, 15) is 9.59 Å². The van der Waals surface area contributed by atoms with Crippen LogP contribution in [0.1, 0.15) is 64.7 Å². The van der Waals surface area contributed by atoms with Gasteiger partial charge in [-0.2, -0.15) is 0 Å². The lowest BCUT2D eigenvalue weighted by Gasteiger charge is -2.27. The van der Waals surface area contributed by atoms with Gasteiger partial charge in [-0.1, -0.05) is 27.7 Å². The number of esters is 1. The standard InChI is InChI=1S/C21H33NO5/c1-7-12-27-21(6,8-2)20(24)22-16-10-11-18(26-14-15(4)5)17(13-16)19(23)25-9-3/h10-11,13,15H,7-9,12,14H2,1-6H3,(H,22,24)/t21-/m1/s1. The maximum absolute atomic E-state index is 12.7. The van der Waals surface area contributed by atoms with Gasteiger partial charge in [0.15, 0.2) is 0 Å². The fraction of sp³-hybridized carbons (Fsp3) is 0.619. The fourth-order valence-electron chi connectivity index (χ4n) is 2.28. The van der Waals surface area contributed by atoms with Crippen molar-refractivity contribution in [2.45, 2.75) is 60.0 Å². The first-order valence-corrected chi connectivity index (χ1v) is 9.66. The maximum atomic E-state index is 12.7. The first-order valence-electron chi connectivity index (χ1n) is 9.66. The summed E-state index contributed by atoms with van der Waals surface area (Å²) < 4.78 is 16.6. The smallest absolute Gasteiger partial charge is 0.341 e. The summed E-state index contributed by atoms with van der Waals surface area (Å²) in [5.74, 6) is 0.0398. The van der Waals surface area contributed by atoms with Crippen molar-refractivity contribution in [3.63, 3.8) is 0 Å². The molecule has 1 aromatic rings. The zero-order valence-electron chi connectivity index (χ0n) is 17.4. The van der Waals surface area contributed by atoms with Crippen molar-refractivity contribution in [3.05, 3.63) is 23.8 Å². The molecule has 1 amide bonds. The molecular formula is C21H33NO5. The Bertz CT molecular complexity index is 629. The summed E-state index contributed by atoms with van der Waals surface area (Å²) in [7, 11) is 0. The molecule has 0 heterocycles. The van der Waals surface area contributed by atoms with Crippen molar-refractivity contribution in [1.29, 1.82) is 0 Å². The molecule has 1 atom stereocenters. The minimum atomic E-state index is -0.924. The van der Waals surface area contributed by atoms with Gasteiger partial charge in [0, 0.05) is 12.3 Å². The summed E-state index contributed by atoms with van der Waals surface area (Å²) in [6.45, 7) is 12.7. The average molecular weight is 379 g/mol. The molecule has 6 nitrogen and oxygen atoms in total. The molecule has 27 heavy (non-hydrogen) atoms. The normalized spacial score (nSPS) is 13.1. The first kappa shape index (κ1) is 23.0. The number of anilines is 1. The number of amides is 1. The molecule has 1 rings (SSSR count). The summed E-state index contributed by atoms with van der Waals surface area (Å²) in [5.41, 5.74) is -0.130. The molecule has 6 heteroatoms. The molecule has 0 aliphatic rings. The number of hydrogen-bond acceptors (Lipinski definition) is 5. The zero-order valence-corrected chi connectivity index (χ0v) is 17.4. The molecule has 0 bridgehead atoms. The van der Waals surface area contributed by atoms with Gasteiger partial charge in [-0.3, -0.25) is 4.79 Å². The highest BCUT2D eigenvalue weighted by Gasteiger charge is 2.32. The number of nitrogens with one attached hydrogen (secondary N) is 1.